The lowest BCUT2D eigenvalue weighted by molar-refractivity contribution is 0.557. The van der Waals surface area contributed by atoms with Gasteiger partial charge in [0.05, 0.1) is 0 Å². The van der Waals surface area contributed by atoms with Crippen LogP contribution in [0.3, 0.4) is 0 Å². The summed E-state index contributed by atoms with van der Waals surface area (Å²) in [5, 5.41) is 0. The smallest absolute Gasteiger partial charge is 0.0165 e. The predicted octanol–water partition coefficient (Wildman–Crippen LogP) is 7.73. The standard InChI is InChI=1S/C23H36/c1-11-12-22(18(6)7)23(19(8)9)20(10)15-21(17(4)5)14-13-16(2)3/h21H,2,4,6,8,10-15H2,1,3,5,7,9H3/b23-22-. The van der Waals surface area contributed by atoms with E-state index in [-0.39, 0.29) is 0 Å². The maximum Gasteiger partial charge on any atom is -0.0165 e. The Morgan fingerprint density at radius 2 is 1.39 bits per heavy atom. The van der Waals surface area contributed by atoms with Gasteiger partial charge in [0.25, 0.3) is 0 Å². The van der Waals surface area contributed by atoms with Gasteiger partial charge in [-0.2, -0.15) is 0 Å². The van der Waals surface area contributed by atoms with Crippen molar-refractivity contribution in [2.24, 2.45) is 5.92 Å². The Labute approximate surface area is 145 Å². The summed E-state index contributed by atoms with van der Waals surface area (Å²) in [4.78, 5) is 0. The molecule has 0 fully saturated rings. The fourth-order valence-corrected chi connectivity index (χ4v) is 2.92. The van der Waals surface area contributed by atoms with Crippen LogP contribution in [-0.2, 0) is 0 Å². The summed E-state index contributed by atoms with van der Waals surface area (Å²) in [5.41, 5.74) is 8.36. The molecule has 0 spiro atoms. The summed E-state index contributed by atoms with van der Waals surface area (Å²) in [6, 6.07) is 0. The first kappa shape index (κ1) is 21.4. The van der Waals surface area contributed by atoms with Crippen molar-refractivity contribution in [2.45, 2.75) is 66.7 Å². The van der Waals surface area contributed by atoms with Crippen LogP contribution >= 0.6 is 0 Å². The summed E-state index contributed by atoms with van der Waals surface area (Å²) in [6.07, 6.45) is 5.19. The summed E-state index contributed by atoms with van der Waals surface area (Å²) in [6.45, 7) is 31.5. The molecule has 128 valence electrons. The molecule has 0 aromatic heterocycles. The minimum atomic E-state index is 0.446. The summed E-state index contributed by atoms with van der Waals surface area (Å²) in [7, 11) is 0. The van der Waals surface area contributed by atoms with Gasteiger partial charge in [-0.3, -0.25) is 0 Å². The Balaban J connectivity index is 5.50. The van der Waals surface area contributed by atoms with E-state index < -0.39 is 0 Å². The molecule has 23 heavy (non-hydrogen) atoms. The predicted molar refractivity (Wildman–Crippen MR) is 108 cm³/mol. The van der Waals surface area contributed by atoms with Crippen LogP contribution in [0.1, 0.15) is 66.7 Å². The molecule has 0 aromatic rings. The van der Waals surface area contributed by atoms with E-state index in [2.05, 4.69) is 67.5 Å². The van der Waals surface area contributed by atoms with E-state index >= 15 is 0 Å². The lowest BCUT2D eigenvalue weighted by Gasteiger charge is -2.23. The molecule has 0 aromatic carbocycles. The van der Waals surface area contributed by atoms with E-state index in [1.54, 1.807) is 0 Å². The third-order valence-corrected chi connectivity index (χ3v) is 4.21. The minimum Gasteiger partial charge on any atom is -0.100 e. The monoisotopic (exact) mass is 312 g/mol. The molecule has 0 aliphatic rings. The average Bonchev–Trinajstić information content (AvgIpc) is 2.41. The molecule has 0 saturated heterocycles. The van der Waals surface area contributed by atoms with Crippen molar-refractivity contribution in [3.8, 4) is 0 Å². The van der Waals surface area contributed by atoms with Crippen molar-refractivity contribution in [3.63, 3.8) is 0 Å². The van der Waals surface area contributed by atoms with Crippen molar-refractivity contribution in [1.82, 2.24) is 0 Å². The third kappa shape index (κ3) is 7.50. The molecule has 0 rings (SSSR count). The Morgan fingerprint density at radius 3 is 1.74 bits per heavy atom. The number of rotatable bonds is 11. The van der Waals surface area contributed by atoms with Gasteiger partial charge in [0, 0.05) is 0 Å². The van der Waals surface area contributed by atoms with Crippen molar-refractivity contribution in [3.05, 3.63) is 71.9 Å². The molecule has 0 bridgehead atoms. The normalized spacial score (nSPS) is 13.1. The van der Waals surface area contributed by atoms with E-state index in [0.29, 0.717) is 5.92 Å². The summed E-state index contributed by atoms with van der Waals surface area (Å²) < 4.78 is 0. The van der Waals surface area contributed by atoms with Crippen LogP contribution in [0.25, 0.3) is 0 Å². The first-order valence-electron chi connectivity index (χ1n) is 8.64. The highest BCUT2D eigenvalue weighted by molar-refractivity contribution is 5.52. The van der Waals surface area contributed by atoms with Crippen LogP contribution in [0, 0.1) is 5.92 Å². The van der Waals surface area contributed by atoms with Gasteiger partial charge < -0.3 is 0 Å². The molecular weight excluding hydrogens is 276 g/mol. The van der Waals surface area contributed by atoms with Gasteiger partial charge in [0.2, 0.25) is 0 Å². The second kappa shape index (κ2) is 10.3. The largest absolute Gasteiger partial charge is 0.100 e. The van der Waals surface area contributed by atoms with Crippen molar-refractivity contribution >= 4 is 0 Å². The molecule has 0 aliphatic heterocycles. The lowest BCUT2D eigenvalue weighted by atomic mass is 9.82. The minimum absolute atomic E-state index is 0.446. The molecule has 0 nitrogen and oxygen atoms in total. The fraction of sp³-hybridized carbons (Fsp3) is 0.478. The molecule has 1 atom stereocenters. The Hall–Kier alpha value is -1.56. The number of hydrogen-bond donors (Lipinski definition) is 0. The van der Waals surface area contributed by atoms with Crippen molar-refractivity contribution < 1.29 is 0 Å². The van der Waals surface area contributed by atoms with Gasteiger partial charge in [-0.15, -0.1) is 6.58 Å². The van der Waals surface area contributed by atoms with Crippen molar-refractivity contribution in [1.29, 1.82) is 0 Å². The molecule has 0 heteroatoms. The van der Waals surface area contributed by atoms with Crippen LogP contribution in [0.5, 0.6) is 0 Å². The highest BCUT2D eigenvalue weighted by Crippen LogP contribution is 2.34. The Kier molecular flexibility index (Phi) is 9.56. The van der Waals surface area contributed by atoms with E-state index in [0.717, 1.165) is 43.3 Å². The zero-order valence-electron chi connectivity index (χ0n) is 16.1. The third-order valence-electron chi connectivity index (χ3n) is 4.21. The Morgan fingerprint density at radius 1 is 0.826 bits per heavy atom. The first-order chi connectivity index (χ1) is 10.6. The second-order valence-electron chi connectivity index (χ2n) is 7.01. The summed E-state index contributed by atoms with van der Waals surface area (Å²) in [5.74, 6) is 0.446. The molecule has 0 saturated carbocycles. The van der Waals surface area contributed by atoms with Gasteiger partial charge in [0.15, 0.2) is 0 Å². The molecule has 0 aliphatic carbocycles. The van der Waals surface area contributed by atoms with Crippen LogP contribution < -0.4 is 0 Å². The molecule has 0 amide bonds. The fourth-order valence-electron chi connectivity index (χ4n) is 2.92. The maximum atomic E-state index is 4.39. The van der Waals surface area contributed by atoms with E-state index in [1.165, 1.54) is 27.9 Å². The topological polar surface area (TPSA) is 0 Å². The van der Waals surface area contributed by atoms with Gasteiger partial charge in [-0.1, -0.05) is 62.0 Å². The molecular formula is C23H36. The highest BCUT2D eigenvalue weighted by atomic mass is 14.2. The molecule has 1 unspecified atom stereocenters. The highest BCUT2D eigenvalue weighted by Gasteiger charge is 2.17. The van der Waals surface area contributed by atoms with Gasteiger partial charge in [0.1, 0.15) is 0 Å². The van der Waals surface area contributed by atoms with Gasteiger partial charge in [-0.25, -0.2) is 0 Å². The molecule has 0 heterocycles. The van der Waals surface area contributed by atoms with Crippen LogP contribution in [0.2, 0.25) is 0 Å². The van der Waals surface area contributed by atoms with Crippen LogP contribution in [0.4, 0.5) is 0 Å². The Bertz CT molecular complexity index is 522. The van der Waals surface area contributed by atoms with E-state index in [9.17, 15) is 0 Å². The molecule has 0 radical (unpaired) electrons. The van der Waals surface area contributed by atoms with Crippen LogP contribution in [0.15, 0.2) is 71.9 Å². The lowest BCUT2D eigenvalue weighted by Crippen LogP contribution is -2.07. The van der Waals surface area contributed by atoms with Gasteiger partial charge >= 0.3 is 0 Å². The number of allylic oxidation sites excluding steroid dienone is 7. The first-order valence-corrected chi connectivity index (χ1v) is 8.64. The maximum absolute atomic E-state index is 4.39. The molecule has 0 N–H and O–H groups in total. The SMILES string of the molecule is C=C(C)CCC(CC(=C)/C(C(=C)C)=C(/CCC)C(=C)C)C(=C)C. The zero-order valence-corrected chi connectivity index (χ0v) is 16.1. The second-order valence-corrected chi connectivity index (χ2v) is 7.01. The number of hydrogen-bond acceptors (Lipinski definition) is 0. The van der Waals surface area contributed by atoms with Gasteiger partial charge in [-0.05, 0) is 76.0 Å². The zero-order chi connectivity index (χ0) is 18.2. The van der Waals surface area contributed by atoms with Crippen LogP contribution in [-0.4, -0.2) is 0 Å². The summed E-state index contributed by atoms with van der Waals surface area (Å²) >= 11 is 0. The average molecular weight is 313 g/mol. The van der Waals surface area contributed by atoms with Crippen molar-refractivity contribution in [2.75, 3.05) is 0 Å². The van der Waals surface area contributed by atoms with E-state index in [1.807, 2.05) is 0 Å². The van der Waals surface area contributed by atoms with E-state index in [4.69, 9.17) is 0 Å². The quantitative estimate of drug-likeness (QED) is 0.270.